The lowest BCUT2D eigenvalue weighted by atomic mass is 10.1. The summed E-state index contributed by atoms with van der Waals surface area (Å²) in [6.07, 6.45) is 3.14. The van der Waals surface area contributed by atoms with Crippen molar-refractivity contribution in [1.29, 1.82) is 0 Å². The van der Waals surface area contributed by atoms with Gasteiger partial charge in [0, 0.05) is 16.6 Å². The summed E-state index contributed by atoms with van der Waals surface area (Å²) in [7, 11) is 0. The van der Waals surface area contributed by atoms with Crippen molar-refractivity contribution in [3.63, 3.8) is 0 Å². The van der Waals surface area contributed by atoms with E-state index in [2.05, 4.69) is 15.9 Å². The summed E-state index contributed by atoms with van der Waals surface area (Å²) >= 11 is 3.41. The fraction of sp³-hybridized carbons (Fsp3) is 0.0500. The highest BCUT2D eigenvalue weighted by molar-refractivity contribution is 9.10. The number of carbonyl (C=O) groups excluding carboxylic acids is 1. The first-order chi connectivity index (χ1) is 12.2. The van der Waals surface area contributed by atoms with Gasteiger partial charge >= 0.3 is 0 Å². The number of fused-ring (bicyclic) bond motifs is 1. The molecule has 5 heteroatoms. The van der Waals surface area contributed by atoms with Gasteiger partial charge in [-0.15, -0.1) is 0 Å². The zero-order valence-corrected chi connectivity index (χ0v) is 14.7. The zero-order chi connectivity index (χ0) is 17.2. The number of benzene rings is 2. The highest BCUT2D eigenvalue weighted by Crippen LogP contribution is 2.35. The van der Waals surface area contributed by atoms with Crippen molar-refractivity contribution in [2.45, 2.75) is 6.61 Å². The quantitative estimate of drug-likeness (QED) is 0.566. The van der Waals surface area contributed by atoms with Crippen LogP contribution in [0.3, 0.4) is 0 Å². The number of allylic oxidation sites excluding steroid dienone is 1. The van der Waals surface area contributed by atoms with E-state index >= 15 is 0 Å². The molecule has 0 unspecified atom stereocenters. The molecule has 1 aliphatic heterocycles. The lowest BCUT2D eigenvalue weighted by Crippen LogP contribution is -1.97. The van der Waals surface area contributed by atoms with Crippen LogP contribution in [0, 0.1) is 0 Å². The van der Waals surface area contributed by atoms with Gasteiger partial charge in [0.2, 0.25) is 5.78 Å². The standard InChI is InChI=1S/C20H13BrO4/c21-14-5-3-13(4-6-14)12-24-16-7-8-17-18(10-16)25-19(20(17)22)11-15-2-1-9-23-15/h1-11H,12H2/b19-11+. The molecule has 1 aromatic heterocycles. The van der Waals surface area contributed by atoms with Crippen molar-refractivity contribution >= 4 is 27.8 Å². The lowest BCUT2D eigenvalue weighted by molar-refractivity contribution is 0.101. The first-order valence-corrected chi connectivity index (χ1v) is 8.47. The first-order valence-electron chi connectivity index (χ1n) is 7.68. The number of carbonyl (C=O) groups is 1. The SMILES string of the molecule is O=C1/C(=C\c2ccco2)Oc2cc(OCc3ccc(Br)cc3)ccc21. The van der Waals surface area contributed by atoms with Crippen molar-refractivity contribution in [1.82, 2.24) is 0 Å². The van der Waals surface area contributed by atoms with E-state index < -0.39 is 0 Å². The highest BCUT2D eigenvalue weighted by Gasteiger charge is 2.28. The molecule has 0 bridgehead atoms. The van der Waals surface area contributed by atoms with Crippen LogP contribution in [-0.2, 0) is 6.61 Å². The van der Waals surface area contributed by atoms with Crippen molar-refractivity contribution in [3.05, 3.63) is 88.0 Å². The molecule has 4 rings (SSSR count). The summed E-state index contributed by atoms with van der Waals surface area (Å²) in [6, 6.07) is 16.7. The van der Waals surface area contributed by atoms with Crippen molar-refractivity contribution in [2.24, 2.45) is 0 Å². The van der Waals surface area contributed by atoms with Gasteiger partial charge in [-0.2, -0.15) is 0 Å². The second-order valence-electron chi connectivity index (χ2n) is 5.53. The van der Waals surface area contributed by atoms with E-state index in [1.54, 1.807) is 42.7 Å². The van der Waals surface area contributed by atoms with Crippen LogP contribution < -0.4 is 9.47 Å². The molecular weight excluding hydrogens is 384 g/mol. The third kappa shape index (κ3) is 3.37. The molecule has 0 N–H and O–H groups in total. The van der Waals surface area contributed by atoms with Crippen molar-refractivity contribution < 1.29 is 18.7 Å². The Labute approximate surface area is 152 Å². The van der Waals surface area contributed by atoms with E-state index in [1.807, 2.05) is 24.3 Å². The van der Waals surface area contributed by atoms with E-state index in [0.29, 0.717) is 29.4 Å². The molecule has 2 aromatic carbocycles. The number of ketones is 1. The Hall–Kier alpha value is -2.79. The largest absolute Gasteiger partial charge is 0.489 e. The maximum absolute atomic E-state index is 12.4. The van der Waals surface area contributed by atoms with Crippen LogP contribution in [0.25, 0.3) is 6.08 Å². The minimum atomic E-state index is -0.161. The molecule has 0 amide bonds. The average molecular weight is 397 g/mol. The minimum absolute atomic E-state index is 0.161. The van der Waals surface area contributed by atoms with Gasteiger partial charge in [-0.05, 0) is 42.0 Å². The molecule has 0 saturated heterocycles. The second kappa shape index (κ2) is 6.61. The Kier molecular flexibility index (Phi) is 4.15. The molecule has 3 aromatic rings. The molecule has 2 heterocycles. The van der Waals surface area contributed by atoms with Crippen LogP contribution >= 0.6 is 15.9 Å². The number of hydrogen-bond acceptors (Lipinski definition) is 4. The van der Waals surface area contributed by atoms with Crippen LogP contribution in [0.15, 0.2) is 75.5 Å². The van der Waals surface area contributed by atoms with Crippen LogP contribution in [0.5, 0.6) is 11.5 Å². The van der Waals surface area contributed by atoms with Gasteiger partial charge in [-0.3, -0.25) is 4.79 Å². The average Bonchev–Trinajstić information content (AvgIpc) is 3.23. The summed E-state index contributed by atoms with van der Waals surface area (Å²) in [5.74, 6) is 1.80. The van der Waals surface area contributed by atoms with E-state index in [9.17, 15) is 4.79 Å². The van der Waals surface area contributed by atoms with Gasteiger partial charge < -0.3 is 13.9 Å². The number of rotatable bonds is 4. The monoisotopic (exact) mass is 396 g/mol. The fourth-order valence-corrected chi connectivity index (χ4v) is 2.77. The second-order valence-corrected chi connectivity index (χ2v) is 6.44. The maximum Gasteiger partial charge on any atom is 0.232 e. The summed E-state index contributed by atoms with van der Waals surface area (Å²) < 4.78 is 17.7. The Morgan fingerprint density at radius 1 is 1.08 bits per heavy atom. The number of Topliss-reactive ketones (excluding diaryl/α,β-unsaturated/α-hetero) is 1. The van der Waals surface area contributed by atoms with E-state index in [1.165, 1.54) is 0 Å². The number of hydrogen-bond donors (Lipinski definition) is 0. The minimum Gasteiger partial charge on any atom is -0.489 e. The van der Waals surface area contributed by atoms with Crippen LogP contribution in [0.4, 0.5) is 0 Å². The Balaban J connectivity index is 1.50. The molecule has 1 aliphatic rings. The first kappa shape index (κ1) is 15.7. The number of ether oxygens (including phenoxy) is 2. The number of halogens is 1. The zero-order valence-electron chi connectivity index (χ0n) is 13.1. The molecule has 0 radical (unpaired) electrons. The molecule has 0 spiro atoms. The summed E-state index contributed by atoms with van der Waals surface area (Å²) in [6.45, 7) is 0.440. The molecule has 0 aliphatic carbocycles. The Bertz CT molecular complexity index is 940. The van der Waals surface area contributed by atoms with Gasteiger partial charge in [-0.25, -0.2) is 0 Å². The number of furan rings is 1. The van der Waals surface area contributed by atoms with Crippen LogP contribution in [-0.4, -0.2) is 5.78 Å². The van der Waals surface area contributed by atoms with Gasteiger partial charge in [0.05, 0.1) is 11.8 Å². The van der Waals surface area contributed by atoms with Crippen molar-refractivity contribution in [3.8, 4) is 11.5 Å². The highest BCUT2D eigenvalue weighted by atomic mass is 79.9. The molecule has 0 saturated carbocycles. The third-order valence-electron chi connectivity index (χ3n) is 3.78. The molecule has 4 nitrogen and oxygen atoms in total. The topological polar surface area (TPSA) is 48.7 Å². The lowest BCUT2D eigenvalue weighted by Gasteiger charge is -2.07. The van der Waals surface area contributed by atoms with Crippen LogP contribution in [0.2, 0.25) is 0 Å². The van der Waals surface area contributed by atoms with Gasteiger partial charge in [0.1, 0.15) is 23.9 Å². The molecular formula is C20H13BrO4. The predicted octanol–water partition coefficient (Wildman–Crippen LogP) is 5.24. The fourth-order valence-electron chi connectivity index (χ4n) is 2.51. The third-order valence-corrected chi connectivity index (χ3v) is 4.31. The summed E-state index contributed by atoms with van der Waals surface area (Å²) in [4.78, 5) is 12.4. The molecule has 0 fully saturated rings. The smallest absolute Gasteiger partial charge is 0.232 e. The summed E-state index contributed by atoms with van der Waals surface area (Å²) in [5, 5.41) is 0. The predicted molar refractivity (Wildman–Crippen MR) is 96.6 cm³/mol. The maximum atomic E-state index is 12.4. The normalized spacial score (nSPS) is 14.4. The Morgan fingerprint density at radius 2 is 1.92 bits per heavy atom. The Morgan fingerprint density at radius 3 is 2.68 bits per heavy atom. The van der Waals surface area contributed by atoms with Gasteiger partial charge in [0.15, 0.2) is 5.76 Å². The molecule has 0 atom stereocenters. The van der Waals surface area contributed by atoms with Gasteiger partial charge in [0.25, 0.3) is 0 Å². The molecule has 124 valence electrons. The van der Waals surface area contributed by atoms with Crippen LogP contribution in [0.1, 0.15) is 21.7 Å². The van der Waals surface area contributed by atoms with E-state index in [0.717, 1.165) is 10.0 Å². The molecule has 25 heavy (non-hydrogen) atoms. The summed E-state index contributed by atoms with van der Waals surface area (Å²) in [5.41, 5.74) is 1.58. The van der Waals surface area contributed by atoms with Crippen molar-refractivity contribution in [2.75, 3.05) is 0 Å². The van der Waals surface area contributed by atoms with E-state index in [-0.39, 0.29) is 11.5 Å². The van der Waals surface area contributed by atoms with Gasteiger partial charge in [-0.1, -0.05) is 28.1 Å². The van der Waals surface area contributed by atoms with E-state index in [4.69, 9.17) is 13.9 Å².